The Hall–Kier alpha value is -2.05. The van der Waals surface area contributed by atoms with E-state index in [9.17, 15) is 9.59 Å². The van der Waals surface area contributed by atoms with Crippen LogP contribution < -0.4 is 0 Å². The van der Waals surface area contributed by atoms with E-state index in [-0.39, 0.29) is 17.4 Å². The van der Waals surface area contributed by atoms with Crippen LogP contribution in [0.1, 0.15) is 64.1 Å². The minimum Gasteiger partial charge on any atom is -0.444 e. The SMILES string of the molecule is Cn1nc(C(C)(C)C)cc1C(=O)N1CCCN(C(=O)OC(C)(C)C)CC1. The van der Waals surface area contributed by atoms with E-state index < -0.39 is 5.60 Å². The molecule has 0 bridgehead atoms. The maximum Gasteiger partial charge on any atom is 0.410 e. The third-order valence-corrected chi connectivity index (χ3v) is 4.30. The number of aryl methyl sites for hydroxylation is 1. The molecule has 0 saturated carbocycles. The lowest BCUT2D eigenvalue weighted by molar-refractivity contribution is 0.0255. The van der Waals surface area contributed by atoms with Gasteiger partial charge in [0.25, 0.3) is 5.91 Å². The monoisotopic (exact) mass is 364 g/mol. The van der Waals surface area contributed by atoms with Crippen molar-refractivity contribution in [1.29, 1.82) is 0 Å². The van der Waals surface area contributed by atoms with Gasteiger partial charge in [-0.15, -0.1) is 0 Å². The van der Waals surface area contributed by atoms with E-state index in [0.29, 0.717) is 31.9 Å². The standard InChI is InChI=1S/C19H32N4O3/c1-18(2,3)15-13-14(21(7)20-15)16(24)22-9-8-10-23(12-11-22)17(25)26-19(4,5)6/h13H,8-12H2,1-7H3. The molecule has 1 saturated heterocycles. The summed E-state index contributed by atoms with van der Waals surface area (Å²) in [5, 5.41) is 4.49. The maximum absolute atomic E-state index is 12.9. The van der Waals surface area contributed by atoms with E-state index in [1.807, 2.05) is 26.8 Å². The summed E-state index contributed by atoms with van der Waals surface area (Å²) in [4.78, 5) is 28.7. The number of rotatable bonds is 1. The van der Waals surface area contributed by atoms with Crippen molar-refractivity contribution in [1.82, 2.24) is 19.6 Å². The molecule has 7 heteroatoms. The van der Waals surface area contributed by atoms with Crippen LogP contribution in [0.5, 0.6) is 0 Å². The van der Waals surface area contributed by atoms with Crippen molar-refractivity contribution in [2.45, 2.75) is 59.0 Å². The summed E-state index contributed by atoms with van der Waals surface area (Å²) in [6.45, 7) is 14.0. The van der Waals surface area contributed by atoms with Crippen LogP contribution in [0, 0.1) is 0 Å². The molecule has 0 aliphatic carbocycles. The smallest absolute Gasteiger partial charge is 0.410 e. The molecule has 2 heterocycles. The zero-order valence-corrected chi connectivity index (χ0v) is 17.1. The van der Waals surface area contributed by atoms with Gasteiger partial charge in [-0.2, -0.15) is 5.10 Å². The highest BCUT2D eigenvalue weighted by Crippen LogP contribution is 2.22. The first-order chi connectivity index (χ1) is 11.9. The van der Waals surface area contributed by atoms with Crippen LogP contribution in [0.25, 0.3) is 0 Å². The number of nitrogens with zero attached hydrogens (tertiary/aromatic N) is 4. The van der Waals surface area contributed by atoms with Crippen molar-refractivity contribution in [3.63, 3.8) is 0 Å². The van der Waals surface area contributed by atoms with Gasteiger partial charge in [0.15, 0.2) is 0 Å². The number of carbonyl (C=O) groups excluding carboxylic acids is 2. The summed E-state index contributed by atoms with van der Waals surface area (Å²) in [7, 11) is 1.80. The molecular weight excluding hydrogens is 332 g/mol. The highest BCUT2D eigenvalue weighted by Gasteiger charge is 2.28. The number of ether oxygens (including phenoxy) is 1. The van der Waals surface area contributed by atoms with Crippen LogP contribution in [0.4, 0.5) is 4.79 Å². The molecule has 2 rings (SSSR count). The van der Waals surface area contributed by atoms with Gasteiger partial charge in [-0.1, -0.05) is 20.8 Å². The number of carbonyl (C=O) groups is 2. The molecule has 7 nitrogen and oxygen atoms in total. The zero-order valence-electron chi connectivity index (χ0n) is 17.1. The third kappa shape index (κ3) is 4.99. The Morgan fingerprint density at radius 3 is 2.12 bits per heavy atom. The Morgan fingerprint density at radius 2 is 1.58 bits per heavy atom. The molecule has 1 aromatic heterocycles. The molecule has 2 amide bonds. The predicted molar refractivity (Wildman–Crippen MR) is 100 cm³/mol. The van der Waals surface area contributed by atoms with Crippen molar-refractivity contribution >= 4 is 12.0 Å². The Balaban J connectivity index is 2.06. The quantitative estimate of drug-likeness (QED) is 0.768. The molecule has 26 heavy (non-hydrogen) atoms. The van der Waals surface area contributed by atoms with Gasteiger partial charge in [0.2, 0.25) is 0 Å². The second-order valence-corrected chi connectivity index (χ2v) is 8.90. The van der Waals surface area contributed by atoms with Gasteiger partial charge in [-0.25, -0.2) is 4.79 Å². The molecule has 1 aliphatic rings. The Labute approximate surface area is 156 Å². The topological polar surface area (TPSA) is 67.7 Å². The lowest BCUT2D eigenvalue weighted by Crippen LogP contribution is -2.40. The van der Waals surface area contributed by atoms with Gasteiger partial charge in [0, 0.05) is 38.6 Å². The van der Waals surface area contributed by atoms with Crippen molar-refractivity contribution < 1.29 is 14.3 Å². The molecule has 0 radical (unpaired) electrons. The first kappa shape index (κ1) is 20.3. The Kier molecular flexibility index (Phi) is 5.68. The van der Waals surface area contributed by atoms with E-state index in [0.717, 1.165) is 12.1 Å². The van der Waals surface area contributed by atoms with Crippen LogP contribution >= 0.6 is 0 Å². The van der Waals surface area contributed by atoms with E-state index in [2.05, 4.69) is 25.9 Å². The molecule has 146 valence electrons. The van der Waals surface area contributed by atoms with Crippen LogP contribution in [-0.4, -0.2) is 63.4 Å². The molecule has 1 aliphatic heterocycles. The van der Waals surface area contributed by atoms with Gasteiger partial charge < -0.3 is 14.5 Å². The highest BCUT2D eigenvalue weighted by atomic mass is 16.6. The van der Waals surface area contributed by atoms with Gasteiger partial charge in [0.1, 0.15) is 11.3 Å². The lowest BCUT2D eigenvalue weighted by Gasteiger charge is -2.26. The molecule has 0 aromatic carbocycles. The number of hydrogen-bond donors (Lipinski definition) is 0. The van der Waals surface area contributed by atoms with Crippen LogP contribution in [0.15, 0.2) is 6.07 Å². The van der Waals surface area contributed by atoms with E-state index in [4.69, 9.17) is 4.74 Å². The fourth-order valence-corrected chi connectivity index (χ4v) is 2.83. The minimum atomic E-state index is -0.517. The van der Waals surface area contributed by atoms with Crippen molar-refractivity contribution in [2.75, 3.05) is 26.2 Å². The second kappa shape index (κ2) is 7.29. The molecule has 0 N–H and O–H groups in total. The summed E-state index contributed by atoms with van der Waals surface area (Å²) in [5.74, 6) is -0.0402. The minimum absolute atomic E-state index is 0.0402. The maximum atomic E-state index is 12.9. The Bertz CT molecular complexity index is 667. The van der Waals surface area contributed by atoms with Gasteiger partial charge in [0.05, 0.1) is 5.69 Å². The number of hydrogen-bond acceptors (Lipinski definition) is 4. The average Bonchev–Trinajstić information content (AvgIpc) is 2.73. The third-order valence-electron chi connectivity index (χ3n) is 4.30. The summed E-state index contributed by atoms with van der Waals surface area (Å²) < 4.78 is 7.09. The molecule has 0 spiro atoms. The largest absolute Gasteiger partial charge is 0.444 e. The normalized spacial score (nSPS) is 16.4. The van der Waals surface area contributed by atoms with Gasteiger partial charge >= 0.3 is 6.09 Å². The molecule has 1 fully saturated rings. The van der Waals surface area contributed by atoms with Gasteiger partial charge in [-0.05, 0) is 33.3 Å². The fourth-order valence-electron chi connectivity index (χ4n) is 2.83. The van der Waals surface area contributed by atoms with Crippen LogP contribution in [-0.2, 0) is 17.2 Å². The first-order valence-corrected chi connectivity index (χ1v) is 9.20. The fraction of sp³-hybridized carbons (Fsp3) is 0.737. The lowest BCUT2D eigenvalue weighted by atomic mass is 9.92. The molecule has 1 aromatic rings. The van der Waals surface area contributed by atoms with Crippen molar-refractivity contribution in [3.8, 4) is 0 Å². The zero-order chi connectivity index (χ0) is 19.7. The average molecular weight is 364 g/mol. The second-order valence-electron chi connectivity index (χ2n) is 8.90. The van der Waals surface area contributed by atoms with E-state index in [1.165, 1.54) is 0 Å². The number of aromatic nitrogens is 2. The Morgan fingerprint density at radius 1 is 1.00 bits per heavy atom. The van der Waals surface area contributed by atoms with Crippen molar-refractivity contribution in [2.24, 2.45) is 7.05 Å². The summed E-state index contributed by atoms with van der Waals surface area (Å²) in [6.07, 6.45) is 0.414. The highest BCUT2D eigenvalue weighted by molar-refractivity contribution is 5.92. The van der Waals surface area contributed by atoms with Crippen molar-refractivity contribution in [3.05, 3.63) is 17.5 Å². The van der Waals surface area contributed by atoms with Crippen LogP contribution in [0.3, 0.4) is 0 Å². The molecule has 0 unspecified atom stereocenters. The molecular formula is C19H32N4O3. The van der Waals surface area contributed by atoms with E-state index in [1.54, 1.807) is 21.5 Å². The summed E-state index contributed by atoms with van der Waals surface area (Å²) in [5.41, 5.74) is 0.855. The van der Waals surface area contributed by atoms with Crippen LogP contribution in [0.2, 0.25) is 0 Å². The van der Waals surface area contributed by atoms with Gasteiger partial charge in [-0.3, -0.25) is 9.48 Å². The van der Waals surface area contributed by atoms with E-state index >= 15 is 0 Å². The predicted octanol–water partition coefficient (Wildman–Crippen LogP) is 2.80. The summed E-state index contributed by atoms with van der Waals surface area (Å²) in [6, 6.07) is 1.87. The first-order valence-electron chi connectivity index (χ1n) is 9.20. The summed E-state index contributed by atoms with van der Waals surface area (Å²) >= 11 is 0. The molecule has 0 atom stereocenters. The number of amides is 2.